The molecule has 3 heteroatoms. The van der Waals surface area contributed by atoms with E-state index in [0.717, 1.165) is 16.7 Å². The Morgan fingerprint density at radius 1 is 1.42 bits per heavy atom. The second kappa shape index (κ2) is 4.95. The maximum absolute atomic E-state index is 10.2. The van der Waals surface area contributed by atoms with Crippen LogP contribution in [0.25, 0.3) is 0 Å². The first-order valence-corrected chi connectivity index (χ1v) is 4.54. The zero-order valence-electron chi connectivity index (χ0n) is 6.91. The van der Waals surface area contributed by atoms with Gasteiger partial charge in [0.2, 0.25) is 0 Å². The fourth-order valence-electron chi connectivity index (χ4n) is 0.908. The van der Waals surface area contributed by atoms with Gasteiger partial charge in [0.05, 0.1) is 0 Å². The van der Waals surface area contributed by atoms with E-state index in [2.05, 4.69) is 4.72 Å². The van der Waals surface area contributed by atoms with E-state index in [0.29, 0.717) is 6.42 Å². The molecule has 0 amide bonds. The van der Waals surface area contributed by atoms with Crippen molar-refractivity contribution in [3.05, 3.63) is 29.8 Å². The Kier molecular flexibility index (Phi) is 3.84. The van der Waals surface area contributed by atoms with Crippen molar-refractivity contribution in [1.29, 1.82) is 0 Å². The summed E-state index contributed by atoms with van der Waals surface area (Å²) in [6.07, 6.45) is 1.42. The maximum Gasteiger partial charge on any atom is 0.124 e. The van der Waals surface area contributed by atoms with Crippen LogP contribution < -0.4 is 4.72 Å². The van der Waals surface area contributed by atoms with E-state index in [1.165, 1.54) is 0 Å². The van der Waals surface area contributed by atoms with Gasteiger partial charge in [-0.2, -0.15) is 0 Å². The smallest absolute Gasteiger partial charge is 0.124 e. The third-order valence-electron chi connectivity index (χ3n) is 1.46. The lowest BCUT2D eigenvalue weighted by molar-refractivity contribution is -0.107. The van der Waals surface area contributed by atoms with Crippen molar-refractivity contribution < 1.29 is 4.79 Å². The first kappa shape index (κ1) is 9.29. The number of hydrogen-bond acceptors (Lipinski definition) is 3. The SMILES string of the molecule is CNSc1ccc(CC=O)cc1. The Morgan fingerprint density at radius 2 is 2.08 bits per heavy atom. The molecule has 0 bridgehead atoms. The largest absolute Gasteiger partial charge is 0.303 e. The van der Waals surface area contributed by atoms with E-state index < -0.39 is 0 Å². The van der Waals surface area contributed by atoms with Crippen LogP contribution >= 0.6 is 11.9 Å². The molecule has 0 saturated heterocycles. The van der Waals surface area contributed by atoms with E-state index >= 15 is 0 Å². The number of carbonyl (C=O) groups is 1. The highest BCUT2D eigenvalue weighted by Crippen LogP contribution is 2.14. The first-order chi connectivity index (χ1) is 5.86. The van der Waals surface area contributed by atoms with Gasteiger partial charge >= 0.3 is 0 Å². The van der Waals surface area contributed by atoms with Crippen LogP contribution in [-0.2, 0) is 11.2 Å². The van der Waals surface area contributed by atoms with E-state index in [9.17, 15) is 4.79 Å². The predicted octanol–water partition coefficient (Wildman–Crippen LogP) is 1.65. The monoisotopic (exact) mass is 181 g/mol. The van der Waals surface area contributed by atoms with Crippen LogP contribution in [0.15, 0.2) is 29.2 Å². The highest BCUT2D eigenvalue weighted by atomic mass is 32.2. The van der Waals surface area contributed by atoms with Gasteiger partial charge < -0.3 is 4.79 Å². The standard InChI is InChI=1S/C9H11NOS/c1-10-12-9-4-2-8(3-5-9)6-7-11/h2-5,7,10H,6H2,1H3. The summed E-state index contributed by atoms with van der Waals surface area (Å²) in [6, 6.07) is 7.93. The van der Waals surface area contributed by atoms with Gasteiger partial charge in [0, 0.05) is 11.3 Å². The highest BCUT2D eigenvalue weighted by molar-refractivity contribution is 7.97. The van der Waals surface area contributed by atoms with E-state index in [1.54, 1.807) is 11.9 Å². The summed E-state index contributed by atoms with van der Waals surface area (Å²) >= 11 is 1.56. The number of aldehydes is 1. The summed E-state index contributed by atoms with van der Waals surface area (Å²) in [5, 5.41) is 0. The summed E-state index contributed by atoms with van der Waals surface area (Å²) < 4.78 is 2.98. The summed E-state index contributed by atoms with van der Waals surface area (Å²) in [5.41, 5.74) is 1.06. The summed E-state index contributed by atoms with van der Waals surface area (Å²) in [6.45, 7) is 0. The van der Waals surface area contributed by atoms with Gasteiger partial charge in [-0.05, 0) is 36.7 Å². The molecule has 0 fully saturated rings. The Bertz CT molecular complexity index is 245. The van der Waals surface area contributed by atoms with E-state index in [1.807, 2.05) is 31.3 Å². The lowest BCUT2D eigenvalue weighted by atomic mass is 10.2. The quantitative estimate of drug-likeness (QED) is 0.565. The average molecular weight is 181 g/mol. The van der Waals surface area contributed by atoms with E-state index in [-0.39, 0.29) is 0 Å². The Hall–Kier alpha value is -0.800. The second-order valence-corrected chi connectivity index (χ2v) is 3.40. The molecule has 64 valence electrons. The molecule has 0 aliphatic carbocycles. The summed E-state index contributed by atoms with van der Waals surface area (Å²) in [4.78, 5) is 11.3. The zero-order chi connectivity index (χ0) is 8.81. The van der Waals surface area contributed by atoms with Crippen LogP contribution in [-0.4, -0.2) is 13.3 Å². The predicted molar refractivity (Wildman–Crippen MR) is 51.1 cm³/mol. The normalized spacial score (nSPS) is 9.75. The molecule has 2 nitrogen and oxygen atoms in total. The van der Waals surface area contributed by atoms with Gasteiger partial charge in [-0.3, -0.25) is 4.72 Å². The van der Waals surface area contributed by atoms with E-state index in [4.69, 9.17) is 0 Å². The molecule has 0 aliphatic rings. The molecule has 1 rings (SSSR count). The lowest BCUT2D eigenvalue weighted by Gasteiger charge is -1.99. The fraction of sp³-hybridized carbons (Fsp3) is 0.222. The van der Waals surface area contributed by atoms with Crippen LogP contribution in [0.1, 0.15) is 5.56 Å². The molecule has 0 aromatic heterocycles. The maximum atomic E-state index is 10.2. The van der Waals surface area contributed by atoms with Crippen LogP contribution in [0.3, 0.4) is 0 Å². The molecular weight excluding hydrogens is 170 g/mol. The van der Waals surface area contributed by atoms with Crippen LogP contribution in [0.5, 0.6) is 0 Å². The van der Waals surface area contributed by atoms with Crippen molar-refractivity contribution in [1.82, 2.24) is 4.72 Å². The minimum atomic E-state index is 0.504. The van der Waals surface area contributed by atoms with Crippen molar-refractivity contribution in [3.8, 4) is 0 Å². The lowest BCUT2D eigenvalue weighted by Crippen LogP contribution is -1.91. The van der Waals surface area contributed by atoms with Gasteiger partial charge in [0.1, 0.15) is 6.29 Å². The van der Waals surface area contributed by atoms with Crippen molar-refractivity contribution in [2.75, 3.05) is 7.05 Å². The van der Waals surface area contributed by atoms with Crippen molar-refractivity contribution >= 4 is 18.2 Å². The minimum absolute atomic E-state index is 0.504. The van der Waals surface area contributed by atoms with Crippen molar-refractivity contribution in [2.45, 2.75) is 11.3 Å². The third-order valence-corrected chi connectivity index (χ3v) is 2.17. The molecule has 0 radical (unpaired) electrons. The van der Waals surface area contributed by atoms with Crippen LogP contribution in [0.2, 0.25) is 0 Å². The number of nitrogens with one attached hydrogen (secondary N) is 1. The fourth-order valence-corrected chi connectivity index (χ4v) is 1.42. The van der Waals surface area contributed by atoms with Gasteiger partial charge in [-0.1, -0.05) is 12.1 Å². The molecule has 12 heavy (non-hydrogen) atoms. The molecule has 1 N–H and O–H groups in total. The van der Waals surface area contributed by atoms with Gasteiger partial charge in [0.25, 0.3) is 0 Å². The van der Waals surface area contributed by atoms with Gasteiger partial charge in [0.15, 0.2) is 0 Å². The molecule has 0 atom stereocenters. The number of carbonyl (C=O) groups excluding carboxylic acids is 1. The van der Waals surface area contributed by atoms with Gasteiger partial charge in [-0.25, -0.2) is 0 Å². The molecular formula is C9H11NOS. The third kappa shape index (κ3) is 2.68. The number of hydrogen-bond donors (Lipinski definition) is 1. The van der Waals surface area contributed by atoms with Crippen molar-refractivity contribution in [3.63, 3.8) is 0 Å². The molecule has 0 spiro atoms. The molecule has 0 unspecified atom stereocenters. The zero-order valence-corrected chi connectivity index (χ0v) is 7.73. The van der Waals surface area contributed by atoms with Crippen molar-refractivity contribution in [2.24, 2.45) is 0 Å². The average Bonchev–Trinajstić information content (AvgIpc) is 2.09. The number of rotatable bonds is 4. The van der Waals surface area contributed by atoms with Gasteiger partial charge in [-0.15, -0.1) is 0 Å². The topological polar surface area (TPSA) is 29.1 Å². The highest BCUT2D eigenvalue weighted by Gasteiger charge is 1.92. The summed E-state index contributed by atoms with van der Waals surface area (Å²) in [7, 11) is 1.88. The molecule has 1 aromatic carbocycles. The number of benzene rings is 1. The van der Waals surface area contributed by atoms with Crippen LogP contribution in [0.4, 0.5) is 0 Å². The second-order valence-electron chi connectivity index (χ2n) is 2.32. The molecule has 0 saturated carbocycles. The minimum Gasteiger partial charge on any atom is -0.303 e. The Balaban J connectivity index is 2.64. The first-order valence-electron chi connectivity index (χ1n) is 3.73. The molecule has 0 heterocycles. The Morgan fingerprint density at radius 3 is 2.58 bits per heavy atom. The molecule has 1 aromatic rings. The van der Waals surface area contributed by atoms with Crippen LogP contribution in [0, 0.1) is 0 Å². The molecule has 0 aliphatic heterocycles. The summed E-state index contributed by atoms with van der Waals surface area (Å²) in [5.74, 6) is 0. The Labute approximate surface area is 76.5 Å².